The molecule has 0 saturated carbocycles. The lowest BCUT2D eigenvalue weighted by atomic mass is 10.1. The summed E-state index contributed by atoms with van der Waals surface area (Å²) in [5, 5.41) is 0. The van der Waals surface area contributed by atoms with Crippen LogP contribution in [0.4, 0.5) is 0 Å². The van der Waals surface area contributed by atoms with Gasteiger partial charge in [-0.05, 0) is 31.4 Å². The number of carbonyl (C=O) groups is 1. The van der Waals surface area contributed by atoms with Gasteiger partial charge in [0.25, 0.3) is 0 Å². The number of rotatable bonds is 11. The van der Waals surface area contributed by atoms with Gasteiger partial charge in [0.15, 0.2) is 0 Å². The van der Waals surface area contributed by atoms with E-state index in [2.05, 4.69) is 11.6 Å². The van der Waals surface area contributed by atoms with Gasteiger partial charge in [-0.2, -0.15) is 0 Å². The first kappa shape index (κ1) is 18.8. The fourth-order valence-electron chi connectivity index (χ4n) is 2.40. The van der Waals surface area contributed by atoms with Crippen molar-refractivity contribution >= 4 is 16.3 Å². The lowest BCUT2D eigenvalue weighted by molar-refractivity contribution is -0.108. The van der Waals surface area contributed by atoms with Crippen molar-refractivity contribution in [3.63, 3.8) is 0 Å². The minimum Gasteiger partial charge on any atom is -0.302 e. The number of carbonyl (C=O) groups excluding carboxylic acids is 1. The number of nitrogens with one attached hydrogen (secondary N) is 1. The molecular weight excluding hydrogens is 298 g/mol. The zero-order valence-corrected chi connectivity index (χ0v) is 14.4. The van der Waals surface area contributed by atoms with E-state index < -0.39 is 16.1 Å². The fraction of sp³-hybridized carbons (Fsp3) is 0.588. The maximum absolute atomic E-state index is 12.3. The summed E-state index contributed by atoms with van der Waals surface area (Å²) in [6.07, 6.45) is 8.37. The maximum atomic E-state index is 12.3. The molecule has 0 fully saturated rings. The first-order valence-corrected chi connectivity index (χ1v) is 9.55. The monoisotopic (exact) mass is 325 g/mol. The number of sulfonamides is 1. The SMILES string of the molecule is CCCCCCCCc1ccccc1S(=O)(=O)NC(C)C=O. The summed E-state index contributed by atoms with van der Waals surface area (Å²) in [5.74, 6) is 0. The highest BCUT2D eigenvalue weighted by Crippen LogP contribution is 2.18. The third-order valence-corrected chi connectivity index (χ3v) is 5.27. The van der Waals surface area contributed by atoms with Crippen LogP contribution in [0.3, 0.4) is 0 Å². The molecule has 0 aliphatic carbocycles. The summed E-state index contributed by atoms with van der Waals surface area (Å²) in [7, 11) is -3.63. The van der Waals surface area contributed by atoms with Crippen molar-refractivity contribution < 1.29 is 13.2 Å². The average molecular weight is 325 g/mol. The molecule has 5 heteroatoms. The van der Waals surface area contributed by atoms with Gasteiger partial charge in [0.1, 0.15) is 6.29 Å². The van der Waals surface area contributed by atoms with Gasteiger partial charge in [0.2, 0.25) is 10.0 Å². The van der Waals surface area contributed by atoms with Crippen molar-refractivity contribution in [1.29, 1.82) is 0 Å². The van der Waals surface area contributed by atoms with Crippen molar-refractivity contribution in [1.82, 2.24) is 4.72 Å². The molecule has 1 N–H and O–H groups in total. The van der Waals surface area contributed by atoms with Crippen LogP contribution in [0, 0.1) is 0 Å². The largest absolute Gasteiger partial charge is 0.302 e. The molecule has 0 bridgehead atoms. The lowest BCUT2D eigenvalue weighted by Crippen LogP contribution is -2.34. The lowest BCUT2D eigenvalue weighted by Gasteiger charge is -2.13. The van der Waals surface area contributed by atoms with Crippen LogP contribution in [0.15, 0.2) is 29.2 Å². The quantitative estimate of drug-likeness (QED) is 0.500. The average Bonchev–Trinajstić information content (AvgIpc) is 2.50. The molecule has 22 heavy (non-hydrogen) atoms. The maximum Gasteiger partial charge on any atom is 0.241 e. The molecular formula is C17H27NO3S. The van der Waals surface area contributed by atoms with Crippen LogP contribution in [0.1, 0.15) is 57.9 Å². The van der Waals surface area contributed by atoms with Crippen molar-refractivity contribution in [3.8, 4) is 0 Å². The van der Waals surface area contributed by atoms with Gasteiger partial charge >= 0.3 is 0 Å². The van der Waals surface area contributed by atoms with Gasteiger partial charge in [-0.25, -0.2) is 13.1 Å². The Morgan fingerprint density at radius 2 is 1.73 bits per heavy atom. The van der Waals surface area contributed by atoms with Gasteiger partial charge in [0, 0.05) is 0 Å². The summed E-state index contributed by atoms with van der Waals surface area (Å²) in [6, 6.07) is 6.31. The molecule has 0 spiro atoms. The Morgan fingerprint density at radius 1 is 1.09 bits per heavy atom. The first-order chi connectivity index (χ1) is 10.5. The molecule has 0 amide bonds. The van der Waals surface area contributed by atoms with Crippen molar-refractivity contribution in [3.05, 3.63) is 29.8 Å². The van der Waals surface area contributed by atoms with E-state index in [9.17, 15) is 13.2 Å². The Bertz CT molecular complexity index is 555. The molecule has 1 unspecified atom stereocenters. The third-order valence-electron chi connectivity index (χ3n) is 3.61. The minimum atomic E-state index is -3.63. The number of hydrogen-bond acceptors (Lipinski definition) is 3. The van der Waals surface area contributed by atoms with E-state index in [1.807, 2.05) is 12.1 Å². The smallest absolute Gasteiger partial charge is 0.241 e. The van der Waals surface area contributed by atoms with E-state index in [-0.39, 0.29) is 4.90 Å². The van der Waals surface area contributed by atoms with Crippen LogP contribution in [0.5, 0.6) is 0 Å². The Morgan fingerprint density at radius 3 is 2.41 bits per heavy atom. The molecule has 124 valence electrons. The second-order valence-corrected chi connectivity index (χ2v) is 7.35. The predicted octanol–water partition coefficient (Wildman–Crippen LogP) is 3.46. The van der Waals surface area contributed by atoms with E-state index in [1.165, 1.54) is 32.6 Å². The Kier molecular flexibility index (Phi) is 8.35. The summed E-state index contributed by atoms with van der Waals surface area (Å²) >= 11 is 0. The molecule has 0 saturated heterocycles. The van der Waals surface area contributed by atoms with Crippen LogP contribution in [-0.2, 0) is 21.2 Å². The van der Waals surface area contributed by atoms with Gasteiger partial charge in [0.05, 0.1) is 10.9 Å². The number of aldehydes is 1. The molecule has 1 aromatic carbocycles. The summed E-state index contributed by atoms with van der Waals surface area (Å²) in [4.78, 5) is 11.0. The Labute approximate surface area is 134 Å². The highest BCUT2D eigenvalue weighted by atomic mass is 32.2. The molecule has 0 aliphatic heterocycles. The second kappa shape index (κ2) is 9.74. The number of benzene rings is 1. The molecule has 0 radical (unpaired) electrons. The molecule has 0 heterocycles. The van der Waals surface area contributed by atoms with E-state index in [4.69, 9.17) is 0 Å². The molecule has 0 aromatic heterocycles. The zero-order chi connectivity index (χ0) is 16.4. The van der Waals surface area contributed by atoms with Gasteiger partial charge in [-0.15, -0.1) is 0 Å². The van der Waals surface area contributed by atoms with Gasteiger partial charge in [-0.1, -0.05) is 57.2 Å². The van der Waals surface area contributed by atoms with Crippen molar-refractivity contribution in [2.45, 2.75) is 69.7 Å². The standard InChI is InChI=1S/C17H27NO3S/c1-3-4-5-6-7-8-11-16-12-9-10-13-17(16)22(20,21)18-15(2)14-19/h9-10,12-15,18H,3-8,11H2,1-2H3. The van der Waals surface area contributed by atoms with Crippen LogP contribution >= 0.6 is 0 Å². The summed E-state index contributed by atoms with van der Waals surface area (Å²) < 4.78 is 27.0. The van der Waals surface area contributed by atoms with Gasteiger partial charge in [-0.3, -0.25) is 0 Å². The van der Waals surface area contributed by atoms with E-state index in [1.54, 1.807) is 12.1 Å². The van der Waals surface area contributed by atoms with Gasteiger partial charge < -0.3 is 4.79 Å². The zero-order valence-electron chi connectivity index (χ0n) is 13.5. The van der Waals surface area contributed by atoms with Crippen molar-refractivity contribution in [2.75, 3.05) is 0 Å². The summed E-state index contributed by atoms with van der Waals surface area (Å²) in [5.41, 5.74) is 0.823. The topological polar surface area (TPSA) is 63.2 Å². The second-order valence-electron chi connectivity index (χ2n) is 5.67. The number of unbranched alkanes of at least 4 members (excludes halogenated alkanes) is 5. The van der Waals surface area contributed by atoms with E-state index in [0.717, 1.165) is 24.8 Å². The highest BCUT2D eigenvalue weighted by Gasteiger charge is 2.19. The highest BCUT2D eigenvalue weighted by molar-refractivity contribution is 7.89. The van der Waals surface area contributed by atoms with Crippen molar-refractivity contribution in [2.24, 2.45) is 0 Å². The van der Waals surface area contributed by atoms with E-state index in [0.29, 0.717) is 6.29 Å². The van der Waals surface area contributed by atoms with Crippen LogP contribution in [0.2, 0.25) is 0 Å². The normalized spacial score (nSPS) is 13.0. The van der Waals surface area contributed by atoms with Crippen LogP contribution in [-0.4, -0.2) is 20.7 Å². The Balaban J connectivity index is 2.67. The third kappa shape index (κ3) is 6.28. The molecule has 1 aromatic rings. The summed E-state index contributed by atoms with van der Waals surface area (Å²) in [6.45, 7) is 3.72. The number of hydrogen-bond donors (Lipinski definition) is 1. The molecule has 4 nitrogen and oxygen atoms in total. The Hall–Kier alpha value is -1.20. The predicted molar refractivity (Wildman–Crippen MR) is 89.4 cm³/mol. The fourth-order valence-corrected chi connectivity index (χ4v) is 3.85. The number of aryl methyl sites for hydroxylation is 1. The van der Waals surface area contributed by atoms with E-state index >= 15 is 0 Å². The van der Waals surface area contributed by atoms with Crippen LogP contribution < -0.4 is 4.72 Å². The molecule has 1 atom stereocenters. The first-order valence-electron chi connectivity index (χ1n) is 8.06. The molecule has 0 aliphatic rings. The van der Waals surface area contributed by atoms with Crippen LogP contribution in [0.25, 0.3) is 0 Å². The minimum absolute atomic E-state index is 0.289. The molecule has 1 rings (SSSR count).